The van der Waals surface area contributed by atoms with Gasteiger partial charge in [-0.05, 0) is 37.3 Å². The highest BCUT2D eigenvalue weighted by Crippen LogP contribution is 2.42. The normalized spacial score (nSPS) is 16.5. The first kappa shape index (κ1) is 20.5. The van der Waals surface area contributed by atoms with Crippen LogP contribution >= 0.6 is 11.8 Å². The summed E-state index contributed by atoms with van der Waals surface area (Å²) in [6.45, 7) is 2.17. The van der Waals surface area contributed by atoms with Crippen LogP contribution in [0.4, 0.5) is 10.1 Å². The molecule has 2 N–H and O–H groups in total. The Hall–Kier alpha value is -3.26. The number of aliphatic hydroxyl groups excluding tert-OH is 1. The maximum absolute atomic E-state index is 13.5. The molecule has 0 unspecified atom stereocenters. The first-order chi connectivity index (χ1) is 13.9. The van der Waals surface area contributed by atoms with Crippen molar-refractivity contribution in [1.29, 1.82) is 0 Å². The SMILES string of the molecule is CCOc1cccc(/C=C2/SC(=Nc3cccc(F)c3)C(C(=O)OC)=C2O)c1O. The van der Waals surface area contributed by atoms with Crippen molar-refractivity contribution < 1.29 is 28.9 Å². The van der Waals surface area contributed by atoms with E-state index in [-0.39, 0.29) is 32.7 Å². The number of halogens is 1. The molecule has 0 saturated heterocycles. The highest BCUT2D eigenvalue weighted by Gasteiger charge is 2.33. The number of aliphatic hydroxyl groups is 1. The molecule has 0 amide bonds. The summed E-state index contributed by atoms with van der Waals surface area (Å²) in [6, 6.07) is 10.5. The maximum Gasteiger partial charge on any atom is 0.344 e. The van der Waals surface area contributed by atoms with Gasteiger partial charge >= 0.3 is 5.97 Å². The molecule has 29 heavy (non-hydrogen) atoms. The van der Waals surface area contributed by atoms with E-state index in [1.54, 1.807) is 31.2 Å². The van der Waals surface area contributed by atoms with E-state index in [0.29, 0.717) is 17.9 Å². The summed E-state index contributed by atoms with van der Waals surface area (Å²) in [6.07, 6.45) is 1.51. The number of para-hydroxylation sites is 1. The second-order valence-corrected chi connectivity index (χ2v) is 6.88. The minimum atomic E-state index is -0.777. The van der Waals surface area contributed by atoms with Crippen LogP contribution in [-0.4, -0.2) is 34.9 Å². The topological polar surface area (TPSA) is 88.4 Å². The second kappa shape index (κ2) is 8.83. The lowest BCUT2D eigenvalue weighted by molar-refractivity contribution is -0.135. The average Bonchev–Trinajstić information content (AvgIpc) is 2.99. The van der Waals surface area contributed by atoms with E-state index in [1.807, 2.05) is 0 Å². The van der Waals surface area contributed by atoms with Crippen LogP contribution in [0.15, 0.2) is 63.7 Å². The summed E-state index contributed by atoms with van der Waals surface area (Å²) in [5, 5.41) is 21.1. The van der Waals surface area contributed by atoms with Crippen molar-refractivity contribution in [3.05, 3.63) is 70.1 Å². The van der Waals surface area contributed by atoms with Crippen LogP contribution in [0.2, 0.25) is 0 Å². The third-order valence-corrected chi connectivity index (χ3v) is 4.96. The molecule has 3 rings (SSSR count). The third-order valence-electron chi connectivity index (χ3n) is 3.94. The van der Waals surface area contributed by atoms with Gasteiger partial charge in [0.2, 0.25) is 0 Å². The molecule has 0 spiro atoms. The number of hydrogen-bond acceptors (Lipinski definition) is 7. The zero-order valence-corrected chi connectivity index (χ0v) is 16.5. The number of ether oxygens (including phenoxy) is 2. The molecule has 0 bridgehead atoms. The van der Waals surface area contributed by atoms with Crippen molar-refractivity contribution in [3.8, 4) is 11.5 Å². The lowest BCUT2D eigenvalue weighted by Gasteiger charge is -2.08. The number of benzene rings is 2. The van der Waals surface area contributed by atoms with Crippen LogP contribution in [0.25, 0.3) is 6.08 Å². The van der Waals surface area contributed by atoms with Gasteiger partial charge in [-0.2, -0.15) is 0 Å². The number of esters is 1. The molecule has 0 saturated carbocycles. The van der Waals surface area contributed by atoms with E-state index in [2.05, 4.69) is 4.99 Å². The van der Waals surface area contributed by atoms with Gasteiger partial charge < -0.3 is 19.7 Å². The number of rotatable bonds is 5. The van der Waals surface area contributed by atoms with Crippen molar-refractivity contribution in [2.45, 2.75) is 6.92 Å². The Morgan fingerprint density at radius 2 is 2.00 bits per heavy atom. The van der Waals surface area contributed by atoms with Crippen molar-refractivity contribution in [1.82, 2.24) is 0 Å². The average molecular weight is 415 g/mol. The Morgan fingerprint density at radius 3 is 2.69 bits per heavy atom. The van der Waals surface area contributed by atoms with Crippen LogP contribution in [0, 0.1) is 5.82 Å². The van der Waals surface area contributed by atoms with Gasteiger partial charge in [0, 0.05) is 5.56 Å². The Kier molecular flexibility index (Phi) is 6.23. The van der Waals surface area contributed by atoms with E-state index in [9.17, 15) is 19.4 Å². The summed E-state index contributed by atoms with van der Waals surface area (Å²) in [5.41, 5.74) is 0.541. The molecular formula is C21H18FNO5S. The fourth-order valence-corrected chi connectivity index (χ4v) is 3.65. The standard InChI is InChI=1S/C21H18FNO5S/c1-3-28-15-9-4-6-12(18(15)24)10-16-19(25)17(21(26)27-2)20(29-16)23-14-8-5-7-13(22)11-14/h4-11,24-25H,3H2,1-2H3/b16-10+,23-20?. The predicted octanol–water partition coefficient (Wildman–Crippen LogP) is 4.73. The van der Waals surface area contributed by atoms with Crippen LogP contribution in [0.5, 0.6) is 11.5 Å². The van der Waals surface area contributed by atoms with Crippen molar-refractivity contribution in [2.24, 2.45) is 4.99 Å². The molecule has 0 aromatic heterocycles. The maximum atomic E-state index is 13.5. The van der Waals surface area contributed by atoms with Gasteiger partial charge in [0.1, 0.15) is 22.2 Å². The van der Waals surface area contributed by atoms with Crippen LogP contribution in [0.3, 0.4) is 0 Å². The Balaban J connectivity index is 2.06. The summed E-state index contributed by atoms with van der Waals surface area (Å²) in [4.78, 5) is 16.7. The van der Waals surface area contributed by atoms with E-state index in [0.717, 1.165) is 11.8 Å². The molecule has 0 atom stereocenters. The number of carbonyl (C=O) groups is 1. The van der Waals surface area contributed by atoms with Crippen molar-refractivity contribution in [2.75, 3.05) is 13.7 Å². The number of aliphatic imine (C=N–C) groups is 1. The van der Waals surface area contributed by atoms with Gasteiger partial charge in [0.25, 0.3) is 0 Å². The fourth-order valence-electron chi connectivity index (χ4n) is 2.62. The first-order valence-corrected chi connectivity index (χ1v) is 9.47. The third kappa shape index (κ3) is 4.43. The number of nitrogens with zero attached hydrogens (tertiary/aromatic N) is 1. The van der Waals surface area contributed by atoms with Crippen molar-refractivity contribution >= 4 is 34.5 Å². The zero-order valence-electron chi connectivity index (χ0n) is 15.7. The number of hydrogen-bond donors (Lipinski definition) is 2. The summed E-state index contributed by atoms with van der Waals surface area (Å²) in [7, 11) is 1.19. The number of methoxy groups -OCH3 is 1. The summed E-state index contributed by atoms with van der Waals surface area (Å²) in [5.74, 6) is -1.38. The Labute approximate surface area is 171 Å². The first-order valence-electron chi connectivity index (χ1n) is 8.65. The van der Waals surface area contributed by atoms with Gasteiger partial charge in [-0.1, -0.05) is 30.0 Å². The fraction of sp³-hybridized carbons (Fsp3) is 0.143. The van der Waals surface area contributed by atoms with E-state index >= 15 is 0 Å². The van der Waals surface area contributed by atoms with Crippen LogP contribution < -0.4 is 4.74 Å². The summed E-state index contributed by atoms with van der Waals surface area (Å²) < 4.78 is 23.6. The summed E-state index contributed by atoms with van der Waals surface area (Å²) >= 11 is 1.01. The lowest BCUT2D eigenvalue weighted by Crippen LogP contribution is -2.10. The second-order valence-electron chi connectivity index (χ2n) is 5.85. The van der Waals surface area contributed by atoms with E-state index in [4.69, 9.17) is 9.47 Å². The molecule has 0 radical (unpaired) electrons. The molecule has 8 heteroatoms. The molecule has 1 aliphatic rings. The number of thioether (sulfide) groups is 1. The number of carbonyl (C=O) groups excluding carboxylic acids is 1. The molecule has 6 nitrogen and oxygen atoms in total. The number of aromatic hydroxyl groups is 1. The quantitative estimate of drug-likeness (QED) is 0.686. The molecule has 2 aromatic rings. The van der Waals surface area contributed by atoms with E-state index in [1.165, 1.54) is 31.4 Å². The molecule has 0 aliphatic carbocycles. The molecular weight excluding hydrogens is 397 g/mol. The van der Waals surface area contributed by atoms with Gasteiger partial charge in [-0.3, -0.25) is 0 Å². The van der Waals surface area contributed by atoms with Crippen molar-refractivity contribution in [3.63, 3.8) is 0 Å². The molecule has 1 aliphatic heterocycles. The van der Waals surface area contributed by atoms with Crippen LogP contribution in [-0.2, 0) is 9.53 Å². The zero-order chi connectivity index (χ0) is 21.0. The lowest BCUT2D eigenvalue weighted by atomic mass is 10.1. The predicted molar refractivity (Wildman–Crippen MR) is 110 cm³/mol. The molecule has 0 fully saturated rings. The minimum Gasteiger partial charge on any atom is -0.506 e. The Bertz CT molecular complexity index is 1050. The van der Waals surface area contributed by atoms with Gasteiger partial charge in [0.15, 0.2) is 11.5 Å². The van der Waals surface area contributed by atoms with Gasteiger partial charge in [0.05, 0.1) is 24.3 Å². The smallest absolute Gasteiger partial charge is 0.344 e. The largest absolute Gasteiger partial charge is 0.506 e. The van der Waals surface area contributed by atoms with Gasteiger partial charge in [-0.25, -0.2) is 14.2 Å². The minimum absolute atomic E-state index is 0.0922. The highest BCUT2D eigenvalue weighted by atomic mass is 32.2. The number of phenolic OH excluding ortho intramolecular Hbond substituents is 1. The molecule has 150 valence electrons. The number of phenols is 1. The van der Waals surface area contributed by atoms with Gasteiger partial charge in [-0.15, -0.1) is 0 Å². The highest BCUT2D eigenvalue weighted by molar-refractivity contribution is 8.18. The monoisotopic (exact) mass is 415 g/mol. The molecule has 1 heterocycles. The Morgan fingerprint density at radius 1 is 1.24 bits per heavy atom. The molecule has 2 aromatic carbocycles. The van der Waals surface area contributed by atoms with E-state index < -0.39 is 11.8 Å². The van der Waals surface area contributed by atoms with Crippen LogP contribution in [0.1, 0.15) is 12.5 Å².